The van der Waals surface area contributed by atoms with Crippen molar-refractivity contribution >= 4 is 25.4 Å². The molecule has 6 heteroatoms. The molecule has 0 aliphatic heterocycles. The van der Waals surface area contributed by atoms with E-state index in [0.29, 0.717) is 11.3 Å². The molecule has 4 nitrogen and oxygen atoms in total. The van der Waals surface area contributed by atoms with E-state index in [9.17, 15) is 4.79 Å². The molecule has 1 atom stereocenters. The molecule has 178 valence electrons. The Morgan fingerprint density at radius 1 is 1.03 bits per heavy atom. The lowest BCUT2D eigenvalue weighted by Crippen LogP contribution is -2.30. The number of carbonyl (C=O) groups excluding carboxylic acids is 1. The van der Waals surface area contributed by atoms with Crippen LogP contribution in [0.15, 0.2) is 42.5 Å². The Labute approximate surface area is 209 Å². The van der Waals surface area contributed by atoms with Gasteiger partial charge < -0.3 is 9.47 Å². The summed E-state index contributed by atoms with van der Waals surface area (Å²) in [7, 11) is 3.43. The first-order valence-electron chi connectivity index (χ1n) is 11.6. The van der Waals surface area contributed by atoms with E-state index in [-0.39, 0.29) is 0 Å². The van der Waals surface area contributed by atoms with Gasteiger partial charge in [-0.25, -0.2) is 4.79 Å². The number of aryl methyl sites for hydroxylation is 2. The molecule has 0 N–H and O–H groups in total. The fourth-order valence-electron chi connectivity index (χ4n) is 4.14. The van der Waals surface area contributed by atoms with Gasteiger partial charge in [0.25, 0.3) is 0 Å². The highest BCUT2D eigenvalue weighted by Gasteiger charge is 2.34. The van der Waals surface area contributed by atoms with E-state index in [1.165, 1.54) is 18.2 Å². The third kappa shape index (κ3) is 5.53. The van der Waals surface area contributed by atoms with Crippen molar-refractivity contribution in [2.45, 2.75) is 59.6 Å². The van der Waals surface area contributed by atoms with Crippen LogP contribution in [0.2, 0.25) is 5.02 Å². The first-order chi connectivity index (χ1) is 16.0. The van der Waals surface area contributed by atoms with Gasteiger partial charge in [-0.3, -0.25) is 4.98 Å². The summed E-state index contributed by atoms with van der Waals surface area (Å²) in [5.74, 6) is -0.444. The topological polar surface area (TPSA) is 48.4 Å². The number of nitrogens with zero attached hydrogens (tertiary/aromatic N) is 1. The molecular formula is C28H33BClNO3. The fourth-order valence-corrected chi connectivity index (χ4v) is 4.27. The van der Waals surface area contributed by atoms with Crippen molar-refractivity contribution in [3.8, 4) is 22.4 Å². The minimum Gasteiger partial charge on any atom is -0.467 e. The van der Waals surface area contributed by atoms with Gasteiger partial charge in [0.1, 0.15) is 7.85 Å². The number of hydrogen-bond donors (Lipinski definition) is 0. The number of halogens is 1. The maximum absolute atomic E-state index is 13.0. The number of esters is 1. The molecule has 0 unspecified atom stereocenters. The van der Waals surface area contributed by atoms with Crippen LogP contribution in [-0.4, -0.2) is 31.5 Å². The van der Waals surface area contributed by atoms with Gasteiger partial charge in [-0.15, -0.1) is 0 Å². The molecule has 0 fully saturated rings. The number of rotatable bonds is 6. The lowest BCUT2D eigenvalue weighted by molar-refractivity contribution is -0.164. The minimum atomic E-state index is -0.911. The molecule has 0 saturated heterocycles. The second-order valence-electron chi connectivity index (χ2n) is 9.61. The highest BCUT2D eigenvalue weighted by Crippen LogP contribution is 2.41. The average Bonchev–Trinajstić information content (AvgIpc) is 2.78. The van der Waals surface area contributed by atoms with E-state index in [0.717, 1.165) is 39.2 Å². The van der Waals surface area contributed by atoms with Crippen LogP contribution < -0.4 is 0 Å². The van der Waals surface area contributed by atoms with Crippen LogP contribution in [0.1, 0.15) is 54.8 Å². The van der Waals surface area contributed by atoms with E-state index in [4.69, 9.17) is 26.1 Å². The van der Waals surface area contributed by atoms with Gasteiger partial charge >= 0.3 is 5.97 Å². The van der Waals surface area contributed by atoms with Gasteiger partial charge in [-0.2, -0.15) is 0 Å². The standard InChI is InChI=1S/C28H33BClNO3/c1-16-8-9-20(14-17(16)2)25-18(3)23(19-10-12-21(30)13-11-19)24(22(15-29)31-25)26(27(32)33-7)34-28(4,5)6/h8-14,26H,15,29H2,1-7H3/t26-/m0/s1. The maximum atomic E-state index is 13.0. The number of ether oxygens (including phenoxy) is 2. The summed E-state index contributed by atoms with van der Waals surface area (Å²) in [5, 5.41) is 0.651. The van der Waals surface area contributed by atoms with Gasteiger partial charge in [0, 0.05) is 21.8 Å². The molecule has 1 heterocycles. The smallest absolute Gasteiger partial charge is 0.339 e. The summed E-state index contributed by atoms with van der Waals surface area (Å²) in [6, 6.07) is 14.1. The predicted octanol–water partition coefficient (Wildman–Crippen LogP) is 6.16. The summed E-state index contributed by atoms with van der Waals surface area (Å²) >= 11 is 6.21. The highest BCUT2D eigenvalue weighted by molar-refractivity contribution is 6.30. The molecule has 0 aliphatic carbocycles. The fraction of sp³-hybridized carbons (Fsp3) is 0.357. The van der Waals surface area contributed by atoms with E-state index >= 15 is 0 Å². The van der Waals surface area contributed by atoms with E-state index in [1.807, 2.05) is 52.9 Å². The van der Waals surface area contributed by atoms with Crippen LogP contribution in [0.25, 0.3) is 22.4 Å². The summed E-state index contributed by atoms with van der Waals surface area (Å²) in [4.78, 5) is 18.1. The van der Waals surface area contributed by atoms with Crippen LogP contribution >= 0.6 is 11.6 Å². The lowest BCUT2D eigenvalue weighted by atomic mass is 9.85. The number of pyridine rings is 1. The zero-order valence-corrected chi connectivity index (χ0v) is 22.1. The Bertz CT molecular complexity index is 1200. The van der Waals surface area contributed by atoms with Crippen molar-refractivity contribution in [3.63, 3.8) is 0 Å². The van der Waals surface area contributed by atoms with E-state index in [2.05, 4.69) is 39.0 Å². The molecular weight excluding hydrogens is 445 g/mol. The van der Waals surface area contributed by atoms with Crippen molar-refractivity contribution in [2.75, 3.05) is 7.11 Å². The van der Waals surface area contributed by atoms with E-state index in [1.54, 1.807) is 0 Å². The highest BCUT2D eigenvalue weighted by atomic mass is 35.5. The Kier molecular flexibility index (Phi) is 7.89. The van der Waals surface area contributed by atoms with Gasteiger partial charge in [0.2, 0.25) is 0 Å². The number of aromatic nitrogens is 1. The lowest BCUT2D eigenvalue weighted by Gasteiger charge is -2.30. The Morgan fingerprint density at radius 2 is 1.65 bits per heavy atom. The Morgan fingerprint density at radius 3 is 2.18 bits per heavy atom. The summed E-state index contributed by atoms with van der Waals surface area (Å²) in [6.07, 6.45) is -0.277. The van der Waals surface area contributed by atoms with Gasteiger partial charge in [0.05, 0.1) is 18.4 Å². The number of hydrogen-bond acceptors (Lipinski definition) is 4. The quantitative estimate of drug-likeness (QED) is 0.315. The molecule has 0 amide bonds. The first kappa shape index (κ1) is 26.0. The molecule has 0 bridgehead atoms. The van der Waals surface area contributed by atoms with Crippen molar-refractivity contribution in [2.24, 2.45) is 0 Å². The minimum absolute atomic E-state index is 0.444. The number of carbonyl (C=O) groups is 1. The summed E-state index contributed by atoms with van der Waals surface area (Å²) < 4.78 is 11.5. The van der Waals surface area contributed by atoms with Crippen LogP contribution in [0, 0.1) is 20.8 Å². The molecule has 34 heavy (non-hydrogen) atoms. The normalized spacial score (nSPS) is 12.5. The van der Waals surface area contributed by atoms with Crippen LogP contribution in [0.4, 0.5) is 0 Å². The Hall–Kier alpha value is -2.63. The molecule has 3 rings (SSSR count). The Balaban J connectivity index is 2.41. The van der Waals surface area contributed by atoms with Crippen LogP contribution in [0.3, 0.4) is 0 Å². The summed E-state index contributed by atoms with van der Waals surface area (Å²) in [5.41, 5.74) is 8.22. The number of benzene rings is 2. The van der Waals surface area contributed by atoms with Gasteiger partial charge in [0.15, 0.2) is 6.10 Å². The molecule has 0 aliphatic rings. The molecule has 3 aromatic rings. The largest absolute Gasteiger partial charge is 0.467 e. The van der Waals surface area contributed by atoms with Crippen molar-refractivity contribution < 1.29 is 14.3 Å². The second-order valence-corrected chi connectivity index (χ2v) is 10.1. The first-order valence-corrected chi connectivity index (χ1v) is 12.0. The third-order valence-electron chi connectivity index (χ3n) is 5.95. The monoisotopic (exact) mass is 477 g/mol. The summed E-state index contributed by atoms with van der Waals surface area (Å²) in [6.45, 7) is 12.0. The van der Waals surface area contributed by atoms with Crippen molar-refractivity contribution in [1.82, 2.24) is 4.98 Å². The van der Waals surface area contributed by atoms with Crippen LogP contribution in [-0.2, 0) is 20.6 Å². The molecule has 0 saturated carbocycles. The average molecular weight is 478 g/mol. The predicted molar refractivity (Wildman–Crippen MR) is 142 cm³/mol. The zero-order chi connectivity index (χ0) is 25.2. The van der Waals surface area contributed by atoms with Crippen molar-refractivity contribution in [1.29, 1.82) is 0 Å². The molecule has 0 radical (unpaired) electrons. The SMILES string of the molecule is BCc1nc(-c2ccc(C)c(C)c2)c(C)c(-c2ccc(Cl)cc2)c1[C@H](OC(C)(C)C)C(=O)OC. The zero-order valence-electron chi connectivity index (χ0n) is 21.4. The van der Waals surface area contributed by atoms with Gasteiger partial charge in [-0.05, 0) is 93.9 Å². The second kappa shape index (κ2) is 10.3. The van der Waals surface area contributed by atoms with Crippen LogP contribution in [0.5, 0.6) is 0 Å². The molecule has 2 aromatic carbocycles. The third-order valence-corrected chi connectivity index (χ3v) is 6.21. The van der Waals surface area contributed by atoms with Gasteiger partial charge in [-0.1, -0.05) is 35.9 Å². The maximum Gasteiger partial charge on any atom is 0.339 e. The van der Waals surface area contributed by atoms with E-state index < -0.39 is 17.7 Å². The van der Waals surface area contributed by atoms with Crippen molar-refractivity contribution in [3.05, 3.63) is 75.4 Å². The molecule has 0 spiro atoms. The molecule has 1 aromatic heterocycles. The number of methoxy groups -OCH3 is 1.